The van der Waals surface area contributed by atoms with Crippen LogP contribution in [-0.4, -0.2) is 18.5 Å². The van der Waals surface area contributed by atoms with Gasteiger partial charge in [-0.05, 0) is 30.8 Å². The molecule has 0 radical (unpaired) electrons. The lowest BCUT2D eigenvalue weighted by molar-refractivity contribution is 0.301. The third-order valence-electron chi connectivity index (χ3n) is 3.26. The molecule has 0 heterocycles. The molecule has 1 atom stereocenters. The number of hydrogen-bond donors (Lipinski definition) is 1. The first-order chi connectivity index (χ1) is 9.97. The number of halogens is 3. The molecule has 0 amide bonds. The zero-order chi connectivity index (χ0) is 15.4. The van der Waals surface area contributed by atoms with E-state index in [9.17, 15) is 13.2 Å². The Balaban J connectivity index is 2.00. The third-order valence-corrected chi connectivity index (χ3v) is 3.26. The second-order valence-electron chi connectivity index (χ2n) is 5.07. The molecule has 0 aromatic heterocycles. The molecule has 0 saturated heterocycles. The van der Waals surface area contributed by atoms with E-state index in [2.05, 4.69) is 0 Å². The van der Waals surface area contributed by atoms with Crippen molar-refractivity contribution in [2.45, 2.75) is 12.6 Å². The molecule has 2 aromatic carbocycles. The van der Waals surface area contributed by atoms with Crippen LogP contribution in [0.3, 0.4) is 0 Å². The molecule has 1 unspecified atom stereocenters. The highest BCUT2D eigenvalue weighted by Crippen LogP contribution is 2.18. The Hall–Kier alpha value is -1.85. The van der Waals surface area contributed by atoms with Crippen LogP contribution >= 0.6 is 0 Å². The minimum absolute atomic E-state index is 0.154. The van der Waals surface area contributed by atoms with Crippen molar-refractivity contribution in [3.8, 4) is 0 Å². The zero-order valence-electron chi connectivity index (χ0n) is 11.7. The number of hydrogen-bond acceptors (Lipinski definition) is 2. The highest BCUT2D eigenvalue weighted by atomic mass is 19.2. The maximum Gasteiger partial charge on any atom is 0.163 e. The van der Waals surface area contributed by atoms with Gasteiger partial charge in [0.25, 0.3) is 0 Å². The maximum atomic E-state index is 13.7. The number of benzene rings is 2. The fourth-order valence-electron chi connectivity index (χ4n) is 2.21. The lowest BCUT2D eigenvalue weighted by Gasteiger charge is -2.22. The molecule has 2 nitrogen and oxygen atoms in total. The van der Waals surface area contributed by atoms with Crippen molar-refractivity contribution in [2.24, 2.45) is 5.73 Å². The van der Waals surface area contributed by atoms with Crippen LogP contribution in [0.15, 0.2) is 42.5 Å². The zero-order valence-corrected chi connectivity index (χ0v) is 11.7. The molecule has 5 heteroatoms. The molecule has 2 N–H and O–H groups in total. The molecule has 0 aliphatic carbocycles. The summed E-state index contributed by atoms with van der Waals surface area (Å²) in [5, 5.41) is 0. The summed E-state index contributed by atoms with van der Waals surface area (Å²) in [6.07, 6.45) is 0. The van der Waals surface area contributed by atoms with Crippen LogP contribution in [0, 0.1) is 17.5 Å². The van der Waals surface area contributed by atoms with Crippen molar-refractivity contribution in [3.05, 3.63) is 71.0 Å². The quantitative estimate of drug-likeness (QED) is 0.917. The maximum absolute atomic E-state index is 13.7. The molecule has 0 aliphatic rings. The van der Waals surface area contributed by atoms with E-state index >= 15 is 0 Å². The molecule has 0 fully saturated rings. The van der Waals surface area contributed by atoms with Gasteiger partial charge in [0.2, 0.25) is 0 Å². The van der Waals surface area contributed by atoms with Crippen LogP contribution in [0.5, 0.6) is 0 Å². The summed E-state index contributed by atoms with van der Waals surface area (Å²) in [6.45, 7) is 0.905. The Morgan fingerprint density at radius 3 is 2.38 bits per heavy atom. The standard InChI is InChI=1S/C16H17F3N2/c1-21(9-11-5-7-12(17)8-6-11)10-15(20)13-3-2-4-14(18)16(13)19/h2-8,15H,9-10,20H2,1H3. The summed E-state index contributed by atoms with van der Waals surface area (Å²) < 4.78 is 39.7. The van der Waals surface area contributed by atoms with E-state index in [0.717, 1.165) is 11.6 Å². The first-order valence-electron chi connectivity index (χ1n) is 6.60. The molecular formula is C16H17F3N2. The average Bonchev–Trinajstić information content (AvgIpc) is 2.44. The summed E-state index contributed by atoms with van der Waals surface area (Å²) in [5.74, 6) is -2.09. The van der Waals surface area contributed by atoms with Crippen LogP contribution in [0.2, 0.25) is 0 Å². The van der Waals surface area contributed by atoms with Gasteiger partial charge in [0.1, 0.15) is 5.82 Å². The van der Waals surface area contributed by atoms with Crippen molar-refractivity contribution < 1.29 is 13.2 Å². The Labute approximate surface area is 122 Å². The largest absolute Gasteiger partial charge is 0.323 e. The second kappa shape index (κ2) is 6.74. The van der Waals surface area contributed by atoms with Crippen LogP contribution < -0.4 is 5.73 Å². The predicted octanol–water partition coefficient (Wildman–Crippen LogP) is 3.24. The van der Waals surface area contributed by atoms with E-state index in [1.165, 1.54) is 24.3 Å². The van der Waals surface area contributed by atoms with Gasteiger partial charge < -0.3 is 10.6 Å². The first kappa shape index (κ1) is 15.5. The summed E-state index contributed by atoms with van der Waals surface area (Å²) >= 11 is 0. The van der Waals surface area contributed by atoms with Crippen molar-refractivity contribution in [2.75, 3.05) is 13.6 Å². The molecule has 2 rings (SSSR count). The molecule has 0 bridgehead atoms. The first-order valence-corrected chi connectivity index (χ1v) is 6.60. The molecule has 21 heavy (non-hydrogen) atoms. The normalized spacial score (nSPS) is 12.7. The van der Waals surface area contributed by atoms with Gasteiger partial charge in [0.15, 0.2) is 11.6 Å². The fraction of sp³-hybridized carbons (Fsp3) is 0.250. The molecule has 0 saturated carbocycles. The van der Waals surface area contributed by atoms with Gasteiger partial charge in [-0.25, -0.2) is 13.2 Å². The van der Waals surface area contributed by atoms with E-state index in [1.54, 1.807) is 12.1 Å². The number of nitrogens with zero attached hydrogens (tertiary/aromatic N) is 1. The van der Waals surface area contributed by atoms with Gasteiger partial charge in [-0.1, -0.05) is 24.3 Å². The van der Waals surface area contributed by atoms with E-state index in [-0.39, 0.29) is 11.4 Å². The predicted molar refractivity (Wildman–Crippen MR) is 76.0 cm³/mol. The van der Waals surface area contributed by atoms with E-state index in [0.29, 0.717) is 13.1 Å². The Kier molecular flexibility index (Phi) is 4.98. The summed E-state index contributed by atoms with van der Waals surface area (Å²) in [4.78, 5) is 1.88. The number of rotatable bonds is 5. The average molecular weight is 294 g/mol. The molecule has 0 aliphatic heterocycles. The SMILES string of the molecule is CN(Cc1ccc(F)cc1)CC(N)c1cccc(F)c1F. The van der Waals surface area contributed by atoms with E-state index < -0.39 is 17.7 Å². The van der Waals surface area contributed by atoms with E-state index in [4.69, 9.17) is 5.73 Å². The lowest BCUT2D eigenvalue weighted by atomic mass is 10.1. The smallest absolute Gasteiger partial charge is 0.163 e. The van der Waals surface area contributed by atoms with Gasteiger partial charge in [-0.3, -0.25) is 0 Å². The molecule has 0 spiro atoms. The highest BCUT2D eigenvalue weighted by molar-refractivity contribution is 5.22. The van der Waals surface area contributed by atoms with Gasteiger partial charge in [-0.2, -0.15) is 0 Å². The van der Waals surface area contributed by atoms with Crippen LogP contribution in [0.4, 0.5) is 13.2 Å². The monoisotopic (exact) mass is 294 g/mol. The topological polar surface area (TPSA) is 29.3 Å². The van der Waals surface area contributed by atoms with Gasteiger partial charge in [0, 0.05) is 24.7 Å². The van der Waals surface area contributed by atoms with Crippen molar-refractivity contribution >= 4 is 0 Å². The fourth-order valence-corrected chi connectivity index (χ4v) is 2.21. The number of likely N-dealkylation sites (N-methyl/N-ethyl adjacent to an activating group) is 1. The number of nitrogens with two attached hydrogens (primary N) is 1. The minimum Gasteiger partial charge on any atom is -0.323 e. The van der Waals surface area contributed by atoms with E-state index in [1.807, 2.05) is 11.9 Å². The highest BCUT2D eigenvalue weighted by Gasteiger charge is 2.16. The minimum atomic E-state index is -0.903. The Morgan fingerprint density at radius 2 is 1.71 bits per heavy atom. The van der Waals surface area contributed by atoms with Crippen molar-refractivity contribution in [1.29, 1.82) is 0 Å². The van der Waals surface area contributed by atoms with Crippen LogP contribution in [-0.2, 0) is 6.54 Å². The summed E-state index contributed by atoms with van der Waals surface area (Å²) in [7, 11) is 1.82. The van der Waals surface area contributed by atoms with Crippen molar-refractivity contribution in [3.63, 3.8) is 0 Å². The Morgan fingerprint density at radius 1 is 1.05 bits per heavy atom. The summed E-state index contributed by atoms with van der Waals surface area (Å²) in [6, 6.07) is 9.48. The third kappa shape index (κ3) is 4.06. The lowest BCUT2D eigenvalue weighted by Crippen LogP contribution is -2.29. The van der Waals surface area contributed by atoms with Gasteiger partial charge in [-0.15, -0.1) is 0 Å². The Bertz CT molecular complexity index is 599. The van der Waals surface area contributed by atoms with Gasteiger partial charge >= 0.3 is 0 Å². The molecular weight excluding hydrogens is 277 g/mol. The van der Waals surface area contributed by atoms with Crippen LogP contribution in [0.1, 0.15) is 17.2 Å². The summed E-state index contributed by atoms with van der Waals surface area (Å²) in [5.41, 5.74) is 7.01. The molecule has 2 aromatic rings. The van der Waals surface area contributed by atoms with Crippen molar-refractivity contribution in [1.82, 2.24) is 4.90 Å². The van der Waals surface area contributed by atoms with Gasteiger partial charge in [0.05, 0.1) is 0 Å². The van der Waals surface area contributed by atoms with Crippen LogP contribution in [0.25, 0.3) is 0 Å². The second-order valence-corrected chi connectivity index (χ2v) is 5.07. The molecule has 112 valence electrons.